The molecule has 1 aliphatic rings. The lowest BCUT2D eigenvalue weighted by molar-refractivity contribution is 0.127. The number of rotatable bonds is 3. The zero-order chi connectivity index (χ0) is 11.8. The minimum atomic E-state index is -0.483. The lowest BCUT2D eigenvalue weighted by Gasteiger charge is -2.31. The van der Waals surface area contributed by atoms with Gasteiger partial charge in [0.2, 0.25) is 0 Å². The second-order valence-electron chi connectivity index (χ2n) is 4.82. The average molecular weight is 228 g/mol. The fourth-order valence-corrected chi connectivity index (χ4v) is 2.68. The molecule has 1 N–H and O–H groups in total. The monoisotopic (exact) mass is 228 g/mol. The van der Waals surface area contributed by atoms with Crippen molar-refractivity contribution in [2.45, 2.75) is 31.8 Å². The highest BCUT2D eigenvalue weighted by Crippen LogP contribution is 2.41. The molecule has 2 aromatic rings. The predicted molar refractivity (Wildman–Crippen MR) is 65.9 cm³/mol. The molecule has 1 aromatic carbocycles. The molecule has 0 radical (unpaired) electrons. The Morgan fingerprint density at radius 1 is 1.35 bits per heavy atom. The van der Waals surface area contributed by atoms with Crippen molar-refractivity contribution in [2.24, 2.45) is 0 Å². The lowest BCUT2D eigenvalue weighted by Crippen LogP contribution is -2.19. The first kappa shape index (κ1) is 10.6. The fraction of sp³-hybridized carbons (Fsp3) is 0.333. The van der Waals surface area contributed by atoms with Crippen LogP contribution in [-0.2, 0) is 6.42 Å². The highest BCUT2D eigenvalue weighted by atomic mass is 16.4. The van der Waals surface area contributed by atoms with Gasteiger partial charge in [-0.05, 0) is 48.4 Å². The van der Waals surface area contributed by atoms with E-state index in [4.69, 9.17) is 4.42 Å². The Kier molecular flexibility index (Phi) is 2.52. The maximum absolute atomic E-state index is 10.2. The summed E-state index contributed by atoms with van der Waals surface area (Å²) in [6.45, 7) is 1.97. The zero-order valence-electron chi connectivity index (χ0n) is 9.89. The number of furan rings is 1. The number of hydrogen-bond acceptors (Lipinski definition) is 2. The highest BCUT2D eigenvalue weighted by Gasteiger charge is 2.29. The van der Waals surface area contributed by atoms with Crippen LogP contribution in [0.5, 0.6) is 0 Å². The van der Waals surface area contributed by atoms with E-state index >= 15 is 0 Å². The fourth-order valence-electron chi connectivity index (χ4n) is 2.68. The summed E-state index contributed by atoms with van der Waals surface area (Å²) >= 11 is 0. The van der Waals surface area contributed by atoms with E-state index in [1.54, 1.807) is 6.26 Å². The average Bonchev–Trinajstić information content (AvgIpc) is 2.72. The molecule has 0 saturated heterocycles. The van der Waals surface area contributed by atoms with Gasteiger partial charge in [0.05, 0.1) is 6.26 Å². The molecular weight excluding hydrogens is 212 g/mol. The van der Waals surface area contributed by atoms with E-state index in [2.05, 4.69) is 24.3 Å². The Bertz CT molecular complexity index is 527. The molecule has 0 fully saturated rings. The molecule has 2 nitrogen and oxygen atoms in total. The third kappa shape index (κ3) is 1.79. The van der Waals surface area contributed by atoms with Gasteiger partial charge in [0, 0.05) is 0 Å². The summed E-state index contributed by atoms with van der Waals surface area (Å²) in [5.41, 5.74) is 3.83. The number of aryl methyl sites for hydroxylation is 1. The Morgan fingerprint density at radius 2 is 2.18 bits per heavy atom. The number of aliphatic hydroxyl groups excluding tert-OH is 1. The molecule has 0 bridgehead atoms. The number of hydrogen-bond donors (Lipinski definition) is 1. The summed E-state index contributed by atoms with van der Waals surface area (Å²) in [6.07, 6.45) is 2.99. The van der Waals surface area contributed by atoms with Gasteiger partial charge in [-0.1, -0.05) is 24.3 Å². The molecule has 88 valence electrons. The Labute approximate surface area is 101 Å². The Balaban J connectivity index is 1.72. The summed E-state index contributed by atoms with van der Waals surface area (Å²) in [5.74, 6) is 1.19. The van der Waals surface area contributed by atoms with Crippen molar-refractivity contribution in [3.05, 3.63) is 59.0 Å². The SMILES string of the molecule is Cc1ccoc1C(O)CC1Cc2ccccc21. The van der Waals surface area contributed by atoms with Crippen LogP contribution in [0.1, 0.15) is 40.9 Å². The second kappa shape index (κ2) is 4.04. The lowest BCUT2D eigenvalue weighted by atomic mass is 9.74. The highest BCUT2D eigenvalue weighted by molar-refractivity contribution is 5.40. The molecule has 2 heteroatoms. The summed E-state index contributed by atoms with van der Waals surface area (Å²) < 4.78 is 5.33. The molecule has 0 saturated carbocycles. The van der Waals surface area contributed by atoms with Gasteiger partial charge in [-0.2, -0.15) is 0 Å². The van der Waals surface area contributed by atoms with Crippen molar-refractivity contribution in [1.82, 2.24) is 0 Å². The molecule has 0 aliphatic heterocycles. The summed E-state index contributed by atoms with van der Waals surface area (Å²) in [7, 11) is 0. The normalized spacial score (nSPS) is 19.5. The Hall–Kier alpha value is -1.54. The van der Waals surface area contributed by atoms with E-state index in [9.17, 15) is 5.11 Å². The van der Waals surface area contributed by atoms with Gasteiger partial charge in [-0.25, -0.2) is 0 Å². The first-order chi connectivity index (χ1) is 8.25. The smallest absolute Gasteiger partial charge is 0.135 e. The van der Waals surface area contributed by atoms with E-state index < -0.39 is 6.10 Å². The van der Waals surface area contributed by atoms with Gasteiger partial charge >= 0.3 is 0 Å². The third-order valence-corrected chi connectivity index (χ3v) is 3.67. The van der Waals surface area contributed by atoms with Crippen LogP contribution in [0.15, 0.2) is 41.0 Å². The minimum absolute atomic E-state index is 0.477. The van der Waals surface area contributed by atoms with Gasteiger partial charge in [-0.15, -0.1) is 0 Å². The van der Waals surface area contributed by atoms with Crippen molar-refractivity contribution in [2.75, 3.05) is 0 Å². The Morgan fingerprint density at radius 3 is 2.88 bits per heavy atom. The van der Waals surface area contributed by atoms with Crippen LogP contribution in [0.25, 0.3) is 0 Å². The molecule has 0 amide bonds. The number of aliphatic hydroxyl groups is 1. The number of benzene rings is 1. The van der Waals surface area contributed by atoms with Crippen molar-refractivity contribution in [1.29, 1.82) is 0 Å². The minimum Gasteiger partial charge on any atom is -0.466 e. The van der Waals surface area contributed by atoms with Crippen molar-refractivity contribution >= 4 is 0 Å². The summed E-state index contributed by atoms with van der Waals surface area (Å²) in [6, 6.07) is 10.4. The van der Waals surface area contributed by atoms with Gasteiger partial charge in [0.15, 0.2) is 0 Å². The first-order valence-electron chi connectivity index (χ1n) is 6.05. The van der Waals surface area contributed by atoms with E-state index in [0.717, 1.165) is 24.2 Å². The van der Waals surface area contributed by atoms with Crippen LogP contribution in [0, 0.1) is 6.92 Å². The molecule has 1 aromatic heterocycles. The van der Waals surface area contributed by atoms with Crippen molar-refractivity contribution in [3.63, 3.8) is 0 Å². The van der Waals surface area contributed by atoms with Gasteiger partial charge < -0.3 is 9.52 Å². The maximum atomic E-state index is 10.2. The van der Waals surface area contributed by atoms with Crippen LogP contribution < -0.4 is 0 Å². The third-order valence-electron chi connectivity index (χ3n) is 3.67. The maximum Gasteiger partial charge on any atom is 0.135 e. The number of fused-ring (bicyclic) bond motifs is 1. The van der Waals surface area contributed by atoms with E-state index in [1.807, 2.05) is 13.0 Å². The van der Waals surface area contributed by atoms with Crippen LogP contribution >= 0.6 is 0 Å². The summed E-state index contributed by atoms with van der Waals surface area (Å²) in [4.78, 5) is 0. The predicted octanol–water partition coefficient (Wildman–Crippen LogP) is 3.35. The van der Waals surface area contributed by atoms with E-state index in [-0.39, 0.29) is 0 Å². The quantitative estimate of drug-likeness (QED) is 0.874. The molecule has 1 heterocycles. The van der Waals surface area contributed by atoms with Crippen LogP contribution in [-0.4, -0.2) is 5.11 Å². The molecule has 3 rings (SSSR count). The van der Waals surface area contributed by atoms with E-state index in [0.29, 0.717) is 5.92 Å². The van der Waals surface area contributed by atoms with Gasteiger partial charge in [0.1, 0.15) is 11.9 Å². The summed E-state index contributed by atoms with van der Waals surface area (Å²) in [5, 5.41) is 10.2. The molecular formula is C15H16O2. The molecule has 17 heavy (non-hydrogen) atoms. The molecule has 2 unspecified atom stereocenters. The van der Waals surface area contributed by atoms with Crippen LogP contribution in [0.3, 0.4) is 0 Å². The largest absolute Gasteiger partial charge is 0.466 e. The molecule has 2 atom stereocenters. The second-order valence-corrected chi connectivity index (χ2v) is 4.82. The standard InChI is InChI=1S/C15H16O2/c1-10-6-7-17-15(10)14(16)9-12-8-11-4-2-3-5-13(11)12/h2-7,12,14,16H,8-9H2,1H3. The van der Waals surface area contributed by atoms with Gasteiger partial charge in [0.25, 0.3) is 0 Å². The van der Waals surface area contributed by atoms with Crippen molar-refractivity contribution < 1.29 is 9.52 Å². The van der Waals surface area contributed by atoms with E-state index in [1.165, 1.54) is 11.1 Å². The van der Waals surface area contributed by atoms with Crippen LogP contribution in [0.4, 0.5) is 0 Å². The zero-order valence-corrected chi connectivity index (χ0v) is 9.89. The van der Waals surface area contributed by atoms with Crippen molar-refractivity contribution in [3.8, 4) is 0 Å². The van der Waals surface area contributed by atoms with Gasteiger partial charge in [-0.3, -0.25) is 0 Å². The topological polar surface area (TPSA) is 33.4 Å². The first-order valence-corrected chi connectivity index (χ1v) is 6.05. The molecule has 0 spiro atoms. The molecule has 1 aliphatic carbocycles. The van der Waals surface area contributed by atoms with Crippen LogP contribution in [0.2, 0.25) is 0 Å².